The number of carbonyl (C=O) groups excluding carboxylic acids is 1. The molecule has 0 unspecified atom stereocenters. The average molecular weight is 337 g/mol. The van der Waals surface area contributed by atoms with E-state index < -0.39 is 11.9 Å². The maximum absolute atomic E-state index is 12.7. The molecule has 0 aromatic carbocycles. The van der Waals surface area contributed by atoms with E-state index in [4.69, 9.17) is 5.26 Å². The Morgan fingerprint density at radius 1 is 1.46 bits per heavy atom. The van der Waals surface area contributed by atoms with Gasteiger partial charge in [0.25, 0.3) is 5.91 Å². The number of likely N-dealkylation sites (tertiary alicyclic amines) is 1. The summed E-state index contributed by atoms with van der Waals surface area (Å²) < 4.78 is 38.0. The molecule has 0 aliphatic carbocycles. The summed E-state index contributed by atoms with van der Waals surface area (Å²) in [5.74, 6) is -0.278. The number of nitrogens with zero attached hydrogens (tertiary/aromatic N) is 3. The Morgan fingerprint density at radius 3 is 2.88 bits per heavy atom. The molecule has 3 rings (SSSR count). The molecule has 0 bridgehead atoms. The third-order valence-electron chi connectivity index (χ3n) is 4.05. The van der Waals surface area contributed by atoms with Gasteiger partial charge in [-0.25, -0.2) is 4.98 Å². The van der Waals surface area contributed by atoms with Crippen molar-refractivity contribution in [2.75, 3.05) is 13.1 Å². The topological polar surface area (TPSA) is 88.6 Å². The van der Waals surface area contributed by atoms with Crippen molar-refractivity contribution < 1.29 is 18.0 Å². The van der Waals surface area contributed by atoms with Gasteiger partial charge in [0.15, 0.2) is 0 Å². The zero-order valence-corrected chi connectivity index (χ0v) is 12.5. The van der Waals surface area contributed by atoms with Gasteiger partial charge in [0, 0.05) is 25.2 Å². The predicted octanol–water partition coefficient (Wildman–Crippen LogP) is 2.65. The van der Waals surface area contributed by atoms with Crippen LogP contribution in [0.5, 0.6) is 0 Å². The summed E-state index contributed by atoms with van der Waals surface area (Å²) >= 11 is 0. The molecule has 1 aliphatic rings. The second-order valence-corrected chi connectivity index (χ2v) is 5.68. The van der Waals surface area contributed by atoms with Crippen molar-refractivity contribution in [1.29, 1.82) is 5.26 Å². The van der Waals surface area contributed by atoms with Crippen LogP contribution in [0.25, 0.3) is 0 Å². The SMILES string of the molecule is N#Cc1cc(C(=O)N2CCC[C@@H](c3ncc(C(F)(F)F)[nH]3)C2)c[nH]1. The summed E-state index contributed by atoms with van der Waals surface area (Å²) in [6.45, 7) is 0.811. The van der Waals surface area contributed by atoms with E-state index in [1.54, 1.807) is 4.90 Å². The molecular formula is C15H14F3N5O. The Morgan fingerprint density at radius 2 is 2.25 bits per heavy atom. The van der Waals surface area contributed by atoms with E-state index in [9.17, 15) is 18.0 Å². The van der Waals surface area contributed by atoms with Crippen molar-refractivity contribution in [3.63, 3.8) is 0 Å². The molecule has 0 saturated carbocycles. The van der Waals surface area contributed by atoms with Gasteiger partial charge in [0.2, 0.25) is 0 Å². The first-order valence-corrected chi connectivity index (χ1v) is 7.38. The molecule has 1 fully saturated rings. The van der Waals surface area contributed by atoms with Gasteiger partial charge < -0.3 is 14.9 Å². The number of hydrogen-bond acceptors (Lipinski definition) is 3. The number of rotatable bonds is 2. The number of piperidine rings is 1. The molecule has 24 heavy (non-hydrogen) atoms. The molecule has 0 radical (unpaired) electrons. The van der Waals surface area contributed by atoms with Crippen LogP contribution in [0.4, 0.5) is 13.2 Å². The average Bonchev–Trinajstić information content (AvgIpc) is 3.23. The Balaban J connectivity index is 1.73. The molecule has 2 N–H and O–H groups in total. The highest BCUT2D eigenvalue weighted by molar-refractivity contribution is 5.94. The van der Waals surface area contributed by atoms with Crippen LogP contribution in [-0.4, -0.2) is 38.8 Å². The number of aromatic amines is 2. The first-order valence-electron chi connectivity index (χ1n) is 7.38. The number of amides is 1. The molecule has 2 aromatic heterocycles. The Kier molecular flexibility index (Phi) is 4.05. The molecule has 1 aliphatic heterocycles. The van der Waals surface area contributed by atoms with Crippen LogP contribution in [0.3, 0.4) is 0 Å². The zero-order chi connectivity index (χ0) is 17.3. The Bertz CT molecular complexity index is 786. The van der Waals surface area contributed by atoms with E-state index in [0.29, 0.717) is 24.9 Å². The first kappa shape index (κ1) is 16.1. The first-order chi connectivity index (χ1) is 11.4. The maximum Gasteiger partial charge on any atom is 0.432 e. The van der Waals surface area contributed by atoms with Crippen LogP contribution in [0.15, 0.2) is 18.5 Å². The third kappa shape index (κ3) is 3.13. The van der Waals surface area contributed by atoms with Gasteiger partial charge in [-0.05, 0) is 18.9 Å². The van der Waals surface area contributed by atoms with Crippen LogP contribution in [-0.2, 0) is 6.18 Å². The summed E-state index contributed by atoms with van der Waals surface area (Å²) in [5, 5.41) is 8.79. The van der Waals surface area contributed by atoms with E-state index in [1.165, 1.54) is 12.3 Å². The summed E-state index contributed by atoms with van der Waals surface area (Å²) in [4.78, 5) is 22.9. The lowest BCUT2D eigenvalue weighted by Gasteiger charge is -2.31. The van der Waals surface area contributed by atoms with Gasteiger partial charge in [0.05, 0.1) is 11.8 Å². The van der Waals surface area contributed by atoms with Crippen LogP contribution >= 0.6 is 0 Å². The monoisotopic (exact) mass is 337 g/mol. The van der Waals surface area contributed by atoms with Crippen molar-refractivity contribution in [3.05, 3.63) is 41.2 Å². The minimum Gasteiger partial charge on any atom is -0.352 e. The van der Waals surface area contributed by atoms with Crippen LogP contribution in [0.1, 0.15) is 46.3 Å². The number of H-pyrrole nitrogens is 2. The molecule has 0 spiro atoms. The van der Waals surface area contributed by atoms with Gasteiger partial charge in [-0.3, -0.25) is 4.79 Å². The zero-order valence-electron chi connectivity index (χ0n) is 12.5. The predicted molar refractivity (Wildman–Crippen MR) is 77.0 cm³/mol. The number of hydrogen-bond donors (Lipinski definition) is 2. The molecule has 1 saturated heterocycles. The molecule has 2 aromatic rings. The number of nitrogens with one attached hydrogen (secondary N) is 2. The highest BCUT2D eigenvalue weighted by atomic mass is 19.4. The van der Waals surface area contributed by atoms with Gasteiger partial charge >= 0.3 is 6.18 Å². The number of alkyl halides is 3. The van der Waals surface area contributed by atoms with Gasteiger partial charge in [-0.2, -0.15) is 18.4 Å². The highest BCUT2D eigenvalue weighted by Crippen LogP contribution is 2.31. The lowest BCUT2D eigenvalue weighted by atomic mass is 9.97. The fraction of sp³-hybridized carbons (Fsp3) is 0.400. The Labute approximate surface area is 135 Å². The maximum atomic E-state index is 12.7. The molecule has 1 atom stereocenters. The van der Waals surface area contributed by atoms with E-state index in [1.807, 2.05) is 6.07 Å². The summed E-state index contributed by atoms with van der Waals surface area (Å²) in [5.41, 5.74) is -0.236. The van der Waals surface area contributed by atoms with Crippen molar-refractivity contribution >= 4 is 5.91 Å². The molecule has 9 heteroatoms. The van der Waals surface area contributed by atoms with Gasteiger partial charge in [0.1, 0.15) is 23.3 Å². The smallest absolute Gasteiger partial charge is 0.352 e. The fourth-order valence-corrected chi connectivity index (χ4v) is 2.84. The summed E-state index contributed by atoms with van der Waals surface area (Å²) in [7, 11) is 0. The fourth-order valence-electron chi connectivity index (χ4n) is 2.84. The summed E-state index contributed by atoms with van der Waals surface area (Å²) in [6, 6.07) is 3.37. The van der Waals surface area contributed by atoms with Crippen LogP contribution in [0, 0.1) is 11.3 Å². The van der Waals surface area contributed by atoms with E-state index in [0.717, 1.165) is 6.20 Å². The second-order valence-electron chi connectivity index (χ2n) is 5.68. The van der Waals surface area contributed by atoms with Crippen molar-refractivity contribution in [2.45, 2.75) is 24.9 Å². The van der Waals surface area contributed by atoms with Gasteiger partial charge in [-0.15, -0.1) is 0 Å². The van der Waals surface area contributed by atoms with Crippen molar-refractivity contribution in [3.8, 4) is 6.07 Å². The minimum atomic E-state index is -4.46. The highest BCUT2D eigenvalue weighted by Gasteiger charge is 2.35. The standard InChI is InChI=1S/C15H14F3N5O/c16-15(17,18)12-7-21-13(22-12)9-2-1-3-23(8-9)14(24)10-4-11(5-19)20-6-10/h4,6-7,9,20H,1-3,8H2,(H,21,22)/t9-/m1/s1. The molecular weight excluding hydrogens is 323 g/mol. The quantitative estimate of drug-likeness (QED) is 0.883. The number of aromatic nitrogens is 3. The molecule has 1 amide bonds. The van der Waals surface area contributed by atoms with Crippen molar-refractivity contribution in [1.82, 2.24) is 19.9 Å². The lowest BCUT2D eigenvalue weighted by molar-refractivity contribution is -0.141. The van der Waals surface area contributed by atoms with E-state index in [2.05, 4.69) is 15.0 Å². The lowest BCUT2D eigenvalue weighted by Crippen LogP contribution is -2.39. The Hall–Kier alpha value is -2.76. The molecule has 126 valence electrons. The number of carbonyl (C=O) groups is 1. The minimum absolute atomic E-state index is 0.242. The van der Waals surface area contributed by atoms with Crippen molar-refractivity contribution in [2.24, 2.45) is 0 Å². The number of halogens is 3. The third-order valence-corrected chi connectivity index (χ3v) is 4.05. The van der Waals surface area contributed by atoms with Crippen LogP contribution in [0.2, 0.25) is 0 Å². The van der Waals surface area contributed by atoms with E-state index >= 15 is 0 Å². The number of nitriles is 1. The molecule has 3 heterocycles. The largest absolute Gasteiger partial charge is 0.432 e. The number of imidazole rings is 1. The normalized spacial score (nSPS) is 18.4. The van der Waals surface area contributed by atoms with E-state index in [-0.39, 0.29) is 29.9 Å². The molecule has 6 nitrogen and oxygen atoms in total. The van der Waals surface area contributed by atoms with Gasteiger partial charge in [-0.1, -0.05) is 0 Å². The summed E-state index contributed by atoms with van der Waals surface area (Å²) in [6.07, 6.45) is -0.895. The van der Waals surface area contributed by atoms with Crippen LogP contribution < -0.4 is 0 Å². The second kappa shape index (κ2) is 6.03.